The van der Waals surface area contributed by atoms with Crippen LogP contribution in [0.5, 0.6) is 0 Å². The number of nitrogens with one attached hydrogen (secondary N) is 1. The zero-order valence-electron chi connectivity index (χ0n) is 5.09. The Balaban J connectivity index is 2.72. The van der Waals surface area contributed by atoms with Gasteiger partial charge in [-0.15, -0.1) is 0 Å². The number of hydrogen-bond acceptors (Lipinski definition) is 3. The summed E-state index contributed by atoms with van der Waals surface area (Å²) in [6.07, 6.45) is 0.242. The predicted octanol–water partition coefficient (Wildman–Crippen LogP) is -0.703. The lowest BCUT2D eigenvalue weighted by molar-refractivity contribution is 0.152. The summed E-state index contributed by atoms with van der Waals surface area (Å²) in [7, 11) is 0. The highest BCUT2D eigenvalue weighted by Crippen LogP contribution is 1.74. The second kappa shape index (κ2) is 5.03. The lowest BCUT2D eigenvalue weighted by Crippen LogP contribution is -2.26. The molecule has 0 amide bonds. The standard InChI is InChI=1S/C5H13NO2/c1-5(8)6-3-2-4-7/h5-8H,2-4H2,1H3/t5-/m1/s1. The van der Waals surface area contributed by atoms with E-state index in [9.17, 15) is 0 Å². The summed E-state index contributed by atoms with van der Waals surface area (Å²) < 4.78 is 0. The number of aliphatic hydroxyl groups excluding tert-OH is 2. The quantitative estimate of drug-likeness (QED) is 0.339. The van der Waals surface area contributed by atoms with Crippen LogP contribution in [0.3, 0.4) is 0 Å². The largest absolute Gasteiger partial charge is 0.396 e. The normalized spacial score (nSPS) is 13.9. The molecule has 3 N–H and O–H groups in total. The third-order valence-electron chi connectivity index (χ3n) is 0.775. The van der Waals surface area contributed by atoms with Crippen molar-refractivity contribution in [2.75, 3.05) is 13.2 Å². The molecule has 0 unspecified atom stereocenters. The van der Waals surface area contributed by atoms with Crippen LogP contribution >= 0.6 is 0 Å². The van der Waals surface area contributed by atoms with Gasteiger partial charge < -0.3 is 10.2 Å². The minimum Gasteiger partial charge on any atom is -0.396 e. The van der Waals surface area contributed by atoms with Gasteiger partial charge in [0.1, 0.15) is 6.23 Å². The van der Waals surface area contributed by atoms with Gasteiger partial charge in [0.05, 0.1) is 0 Å². The fourth-order valence-corrected chi connectivity index (χ4v) is 0.390. The van der Waals surface area contributed by atoms with Crippen molar-refractivity contribution in [1.29, 1.82) is 0 Å². The summed E-state index contributed by atoms with van der Waals surface area (Å²) in [4.78, 5) is 0. The van der Waals surface area contributed by atoms with E-state index in [0.717, 1.165) is 0 Å². The molecule has 0 saturated heterocycles. The Labute approximate surface area is 49.3 Å². The maximum Gasteiger partial charge on any atom is 0.102 e. The SMILES string of the molecule is C[C@@H](O)NCCCO. The minimum absolute atomic E-state index is 0.180. The van der Waals surface area contributed by atoms with Crippen LogP contribution in [0, 0.1) is 0 Å². The number of aliphatic hydroxyl groups is 2. The average molecular weight is 119 g/mol. The van der Waals surface area contributed by atoms with E-state index in [4.69, 9.17) is 10.2 Å². The van der Waals surface area contributed by atoms with Gasteiger partial charge in [-0.3, -0.25) is 5.32 Å². The molecule has 3 nitrogen and oxygen atoms in total. The highest BCUT2D eigenvalue weighted by atomic mass is 16.3. The van der Waals surface area contributed by atoms with Crippen LogP contribution in [0.15, 0.2) is 0 Å². The Morgan fingerprint density at radius 2 is 2.25 bits per heavy atom. The highest BCUT2D eigenvalue weighted by Gasteiger charge is 1.89. The molecule has 0 aliphatic heterocycles. The van der Waals surface area contributed by atoms with E-state index in [0.29, 0.717) is 13.0 Å². The molecule has 0 aliphatic rings. The first-order chi connectivity index (χ1) is 3.77. The lowest BCUT2D eigenvalue weighted by Gasteiger charge is -2.03. The highest BCUT2D eigenvalue weighted by molar-refractivity contribution is 4.44. The Kier molecular flexibility index (Phi) is 4.95. The zero-order chi connectivity index (χ0) is 6.41. The molecular weight excluding hydrogens is 106 g/mol. The van der Waals surface area contributed by atoms with Crippen molar-refractivity contribution in [2.24, 2.45) is 0 Å². The molecule has 50 valence electrons. The number of hydrogen-bond donors (Lipinski definition) is 3. The summed E-state index contributed by atoms with van der Waals surface area (Å²) >= 11 is 0. The van der Waals surface area contributed by atoms with Crippen molar-refractivity contribution in [2.45, 2.75) is 19.6 Å². The molecule has 8 heavy (non-hydrogen) atoms. The molecule has 0 fully saturated rings. The molecule has 1 atom stereocenters. The van der Waals surface area contributed by atoms with Crippen LogP contribution in [0.1, 0.15) is 13.3 Å². The lowest BCUT2D eigenvalue weighted by atomic mass is 10.4. The van der Waals surface area contributed by atoms with Crippen LogP contribution in [0.25, 0.3) is 0 Å². The molecule has 0 bridgehead atoms. The smallest absolute Gasteiger partial charge is 0.102 e. The zero-order valence-corrected chi connectivity index (χ0v) is 5.09. The first-order valence-corrected chi connectivity index (χ1v) is 2.79. The van der Waals surface area contributed by atoms with Gasteiger partial charge in [-0.1, -0.05) is 0 Å². The molecule has 0 heterocycles. The second-order valence-electron chi connectivity index (χ2n) is 1.71. The van der Waals surface area contributed by atoms with Gasteiger partial charge >= 0.3 is 0 Å². The van der Waals surface area contributed by atoms with Gasteiger partial charge in [0, 0.05) is 6.61 Å². The maximum absolute atomic E-state index is 8.59. The van der Waals surface area contributed by atoms with Gasteiger partial charge in [0.2, 0.25) is 0 Å². The second-order valence-corrected chi connectivity index (χ2v) is 1.71. The summed E-state index contributed by atoms with van der Waals surface area (Å²) in [6, 6.07) is 0. The van der Waals surface area contributed by atoms with Gasteiger partial charge in [0.15, 0.2) is 0 Å². The van der Waals surface area contributed by atoms with Crippen molar-refractivity contribution in [3.8, 4) is 0 Å². The third-order valence-corrected chi connectivity index (χ3v) is 0.775. The summed E-state index contributed by atoms with van der Waals surface area (Å²) in [5.74, 6) is 0. The molecule has 0 rings (SSSR count). The summed E-state index contributed by atoms with van der Waals surface area (Å²) in [5.41, 5.74) is 0. The molecule has 0 aromatic rings. The fourth-order valence-electron chi connectivity index (χ4n) is 0.390. The molecular formula is C5H13NO2. The van der Waals surface area contributed by atoms with Gasteiger partial charge in [-0.25, -0.2) is 0 Å². The van der Waals surface area contributed by atoms with E-state index in [1.807, 2.05) is 0 Å². The van der Waals surface area contributed by atoms with Crippen molar-refractivity contribution in [3.05, 3.63) is 0 Å². The number of rotatable bonds is 4. The average Bonchev–Trinajstić information content (AvgIpc) is 1.66. The Bertz CT molecular complexity index is 47.7. The molecule has 0 saturated carbocycles. The van der Waals surface area contributed by atoms with E-state index in [2.05, 4.69) is 5.32 Å². The molecule has 0 spiro atoms. The molecule has 0 radical (unpaired) electrons. The van der Waals surface area contributed by atoms with Gasteiger partial charge in [-0.2, -0.15) is 0 Å². The first-order valence-electron chi connectivity index (χ1n) is 2.79. The van der Waals surface area contributed by atoms with E-state index in [1.54, 1.807) is 6.92 Å². The van der Waals surface area contributed by atoms with E-state index >= 15 is 0 Å². The Morgan fingerprint density at radius 1 is 1.62 bits per heavy atom. The van der Waals surface area contributed by atoms with Crippen LogP contribution in [0.4, 0.5) is 0 Å². The van der Waals surface area contributed by atoms with Crippen molar-refractivity contribution >= 4 is 0 Å². The van der Waals surface area contributed by atoms with Gasteiger partial charge in [-0.05, 0) is 19.9 Å². The van der Waals surface area contributed by atoms with Crippen LogP contribution in [0.2, 0.25) is 0 Å². The Morgan fingerprint density at radius 3 is 2.62 bits per heavy atom. The topological polar surface area (TPSA) is 52.5 Å². The third kappa shape index (κ3) is 5.88. The van der Waals surface area contributed by atoms with Crippen molar-refractivity contribution in [1.82, 2.24) is 5.32 Å². The summed E-state index contributed by atoms with van der Waals surface area (Å²) in [6.45, 7) is 2.51. The first kappa shape index (κ1) is 7.88. The monoisotopic (exact) mass is 119 g/mol. The molecule has 0 aliphatic carbocycles. The Hall–Kier alpha value is -0.120. The van der Waals surface area contributed by atoms with Crippen LogP contribution in [-0.4, -0.2) is 29.6 Å². The maximum atomic E-state index is 8.59. The van der Waals surface area contributed by atoms with Gasteiger partial charge in [0.25, 0.3) is 0 Å². The predicted molar refractivity (Wildman–Crippen MR) is 31.4 cm³/mol. The summed E-state index contributed by atoms with van der Waals surface area (Å²) in [5, 5.41) is 19.6. The molecule has 3 heteroatoms. The van der Waals surface area contributed by atoms with Crippen molar-refractivity contribution < 1.29 is 10.2 Å². The molecule has 0 aromatic carbocycles. The van der Waals surface area contributed by atoms with E-state index < -0.39 is 6.23 Å². The van der Waals surface area contributed by atoms with E-state index in [1.165, 1.54) is 0 Å². The van der Waals surface area contributed by atoms with Crippen LogP contribution in [-0.2, 0) is 0 Å². The minimum atomic E-state index is -0.457. The fraction of sp³-hybridized carbons (Fsp3) is 1.00. The van der Waals surface area contributed by atoms with E-state index in [-0.39, 0.29) is 6.61 Å². The van der Waals surface area contributed by atoms with Crippen LogP contribution < -0.4 is 5.32 Å². The molecule has 0 aromatic heterocycles. The van der Waals surface area contributed by atoms with Crippen molar-refractivity contribution in [3.63, 3.8) is 0 Å².